The van der Waals surface area contributed by atoms with E-state index in [1.807, 2.05) is 75.4 Å². The maximum atomic E-state index is 13.8. The summed E-state index contributed by atoms with van der Waals surface area (Å²) in [6.07, 6.45) is 1.60. The summed E-state index contributed by atoms with van der Waals surface area (Å²) in [6, 6.07) is 25.1. The number of carbonyl (C=O) groups excluding carboxylic acids is 2. The molecule has 3 aromatic carbocycles. The molecule has 0 radical (unpaired) electrons. The first kappa shape index (κ1) is 31.0. The lowest BCUT2D eigenvalue weighted by Crippen LogP contribution is -2.52. The number of aryl methyl sites for hydroxylation is 1. The van der Waals surface area contributed by atoms with Gasteiger partial charge in [-0.25, -0.2) is 12.7 Å². The Morgan fingerprint density at radius 2 is 1.48 bits per heavy atom. The minimum absolute atomic E-state index is 0.0288. The molecule has 8 heteroatoms. The van der Waals surface area contributed by atoms with Crippen molar-refractivity contribution in [3.8, 4) is 0 Å². The van der Waals surface area contributed by atoms with Gasteiger partial charge in [0.05, 0.1) is 4.90 Å². The lowest BCUT2D eigenvalue weighted by molar-refractivity contribution is -0.141. The van der Waals surface area contributed by atoms with Gasteiger partial charge in [-0.1, -0.05) is 85.3 Å². The van der Waals surface area contributed by atoms with E-state index in [4.69, 9.17) is 0 Å². The molecule has 7 nitrogen and oxygen atoms in total. The molecule has 40 heavy (non-hydrogen) atoms. The smallest absolute Gasteiger partial charge is 0.243 e. The molecule has 2 atom stereocenters. The number of hydrogen-bond donors (Lipinski definition) is 1. The molecule has 0 fully saturated rings. The molecule has 3 rings (SSSR count). The molecule has 0 aromatic heterocycles. The summed E-state index contributed by atoms with van der Waals surface area (Å²) in [6.45, 7) is 6.43. The second-order valence-corrected chi connectivity index (χ2v) is 12.3. The third-order valence-electron chi connectivity index (χ3n) is 7.06. The molecule has 0 aliphatic rings. The molecule has 0 aliphatic carbocycles. The number of nitrogens with one attached hydrogen (secondary N) is 1. The fourth-order valence-electron chi connectivity index (χ4n) is 4.37. The predicted octanol–water partition coefficient (Wildman–Crippen LogP) is 4.95. The number of nitrogens with zero attached hydrogens (tertiary/aromatic N) is 2. The van der Waals surface area contributed by atoms with E-state index in [-0.39, 0.29) is 42.3 Å². The lowest BCUT2D eigenvalue weighted by atomic mass is 10.0. The molecule has 0 saturated carbocycles. The summed E-state index contributed by atoms with van der Waals surface area (Å²) in [7, 11) is -2.13. The van der Waals surface area contributed by atoms with Crippen molar-refractivity contribution in [1.82, 2.24) is 14.5 Å². The molecular weight excluding hydrogens is 522 g/mol. The van der Waals surface area contributed by atoms with Crippen LogP contribution in [0.4, 0.5) is 0 Å². The van der Waals surface area contributed by atoms with Crippen LogP contribution in [0, 0.1) is 6.92 Å². The van der Waals surface area contributed by atoms with Crippen LogP contribution in [0.2, 0.25) is 0 Å². The predicted molar refractivity (Wildman–Crippen MR) is 159 cm³/mol. The zero-order chi connectivity index (χ0) is 29.1. The molecular formula is C32H41N3O4S. The molecule has 0 bridgehead atoms. The molecule has 0 unspecified atom stereocenters. The Kier molecular flexibility index (Phi) is 11.5. The van der Waals surface area contributed by atoms with Crippen LogP contribution in [0.5, 0.6) is 0 Å². The van der Waals surface area contributed by atoms with Gasteiger partial charge in [-0.05, 0) is 49.9 Å². The normalized spacial score (nSPS) is 13.0. The first-order valence-corrected chi connectivity index (χ1v) is 15.3. The number of sulfonamides is 1. The Bertz CT molecular complexity index is 1330. The third-order valence-corrected chi connectivity index (χ3v) is 8.93. The van der Waals surface area contributed by atoms with E-state index in [0.29, 0.717) is 12.8 Å². The Morgan fingerprint density at radius 1 is 0.875 bits per heavy atom. The molecule has 3 aromatic rings. The van der Waals surface area contributed by atoms with Gasteiger partial charge in [-0.15, -0.1) is 0 Å². The van der Waals surface area contributed by atoms with Gasteiger partial charge in [-0.2, -0.15) is 0 Å². The quantitative estimate of drug-likeness (QED) is 0.301. The van der Waals surface area contributed by atoms with Crippen molar-refractivity contribution < 1.29 is 18.0 Å². The van der Waals surface area contributed by atoms with Crippen molar-refractivity contribution in [2.75, 3.05) is 13.6 Å². The summed E-state index contributed by atoms with van der Waals surface area (Å²) in [5, 5.41) is 3.07. The van der Waals surface area contributed by atoms with E-state index in [1.165, 1.54) is 11.4 Å². The van der Waals surface area contributed by atoms with Gasteiger partial charge in [0, 0.05) is 39.0 Å². The minimum Gasteiger partial charge on any atom is -0.352 e. The van der Waals surface area contributed by atoms with Crippen molar-refractivity contribution in [3.63, 3.8) is 0 Å². The molecule has 0 aliphatic heterocycles. The average molecular weight is 564 g/mol. The Labute approximate surface area is 239 Å². The van der Waals surface area contributed by atoms with Crippen LogP contribution in [0.15, 0.2) is 89.8 Å². The maximum Gasteiger partial charge on any atom is 0.243 e. The van der Waals surface area contributed by atoms with Crippen molar-refractivity contribution in [2.45, 2.75) is 70.0 Å². The highest BCUT2D eigenvalue weighted by atomic mass is 32.2. The highest BCUT2D eigenvalue weighted by Crippen LogP contribution is 2.19. The van der Waals surface area contributed by atoms with Crippen LogP contribution < -0.4 is 5.32 Å². The molecule has 0 heterocycles. The summed E-state index contributed by atoms with van der Waals surface area (Å²) >= 11 is 0. The highest BCUT2D eigenvalue weighted by Gasteiger charge is 2.31. The average Bonchev–Trinajstić information content (AvgIpc) is 2.96. The van der Waals surface area contributed by atoms with Gasteiger partial charge in [0.25, 0.3) is 0 Å². The highest BCUT2D eigenvalue weighted by molar-refractivity contribution is 7.89. The van der Waals surface area contributed by atoms with E-state index in [0.717, 1.165) is 23.1 Å². The number of hydrogen-bond acceptors (Lipinski definition) is 4. The monoisotopic (exact) mass is 563 g/mol. The van der Waals surface area contributed by atoms with Gasteiger partial charge >= 0.3 is 0 Å². The fraction of sp³-hybridized carbons (Fsp3) is 0.375. The minimum atomic E-state index is -3.65. The SMILES string of the molecule is CC[C@H](C)NC(=O)[C@H](Cc1ccccc1)N(Cc1ccc(C)cc1)C(=O)CCCN(C)S(=O)(=O)c1ccccc1. The van der Waals surface area contributed by atoms with E-state index in [2.05, 4.69) is 5.32 Å². The fourth-order valence-corrected chi connectivity index (χ4v) is 5.60. The molecule has 0 spiro atoms. The van der Waals surface area contributed by atoms with Crippen LogP contribution in [0.25, 0.3) is 0 Å². The van der Waals surface area contributed by atoms with Gasteiger partial charge in [0.2, 0.25) is 21.8 Å². The van der Waals surface area contributed by atoms with Gasteiger partial charge in [0.1, 0.15) is 6.04 Å². The summed E-state index contributed by atoms with van der Waals surface area (Å²) in [5.74, 6) is -0.381. The number of benzene rings is 3. The standard InChI is InChI=1S/C32H41N3O4S/c1-5-26(3)33-32(37)30(23-27-13-8-6-9-14-27)35(24-28-20-18-25(2)19-21-28)31(36)17-12-22-34(4)40(38,39)29-15-10-7-11-16-29/h6-11,13-16,18-21,26,30H,5,12,17,22-24H2,1-4H3,(H,33,37)/t26-,30-/m0/s1. The van der Waals surface area contributed by atoms with Crippen LogP contribution in [-0.2, 0) is 32.6 Å². The van der Waals surface area contributed by atoms with Gasteiger partial charge < -0.3 is 10.2 Å². The largest absolute Gasteiger partial charge is 0.352 e. The lowest BCUT2D eigenvalue weighted by Gasteiger charge is -2.32. The van der Waals surface area contributed by atoms with E-state index >= 15 is 0 Å². The van der Waals surface area contributed by atoms with E-state index < -0.39 is 16.1 Å². The Hall–Kier alpha value is -3.49. The van der Waals surface area contributed by atoms with Crippen LogP contribution in [-0.4, -0.2) is 55.1 Å². The van der Waals surface area contributed by atoms with Crippen molar-refractivity contribution in [2.24, 2.45) is 0 Å². The maximum absolute atomic E-state index is 13.8. The number of carbonyl (C=O) groups is 2. The van der Waals surface area contributed by atoms with E-state index in [9.17, 15) is 18.0 Å². The Morgan fingerprint density at radius 3 is 2.08 bits per heavy atom. The number of rotatable bonds is 14. The van der Waals surface area contributed by atoms with Crippen molar-refractivity contribution >= 4 is 21.8 Å². The van der Waals surface area contributed by atoms with Crippen molar-refractivity contribution in [1.29, 1.82) is 0 Å². The molecule has 1 N–H and O–H groups in total. The third kappa shape index (κ3) is 8.76. The second-order valence-electron chi connectivity index (χ2n) is 10.3. The summed E-state index contributed by atoms with van der Waals surface area (Å²) in [5.41, 5.74) is 3.00. The van der Waals surface area contributed by atoms with Crippen LogP contribution in [0.3, 0.4) is 0 Å². The second kappa shape index (κ2) is 14.8. The molecule has 214 valence electrons. The van der Waals surface area contributed by atoms with E-state index in [1.54, 1.807) is 35.2 Å². The number of amides is 2. The Balaban J connectivity index is 1.83. The van der Waals surface area contributed by atoms with Crippen molar-refractivity contribution in [3.05, 3.63) is 102 Å². The van der Waals surface area contributed by atoms with Crippen LogP contribution >= 0.6 is 0 Å². The molecule has 2 amide bonds. The van der Waals surface area contributed by atoms with Gasteiger partial charge in [-0.3, -0.25) is 9.59 Å². The van der Waals surface area contributed by atoms with Gasteiger partial charge in [0.15, 0.2) is 0 Å². The topological polar surface area (TPSA) is 86.8 Å². The zero-order valence-electron chi connectivity index (χ0n) is 23.9. The molecule has 0 saturated heterocycles. The first-order chi connectivity index (χ1) is 19.1. The summed E-state index contributed by atoms with van der Waals surface area (Å²) in [4.78, 5) is 29.2. The zero-order valence-corrected chi connectivity index (χ0v) is 24.7. The van der Waals surface area contributed by atoms with Crippen LogP contribution in [0.1, 0.15) is 49.8 Å². The first-order valence-electron chi connectivity index (χ1n) is 13.8. The summed E-state index contributed by atoms with van der Waals surface area (Å²) < 4.78 is 27.1.